The van der Waals surface area contributed by atoms with Gasteiger partial charge < -0.3 is 9.88 Å². The van der Waals surface area contributed by atoms with Gasteiger partial charge in [-0.2, -0.15) is 0 Å². The third-order valence-corrected chi connectivity index (χ3v) is 7.34. The van der Waals surface area contributed by atoms with Gasteiger partial charge in [0.1, 0.15) is 5.69 Å². The highest BCUT2D eigenvalue weighted by molar-refractivity contribution is 6.01. The lowest BCUT2D eigenvalue weighted by molar-refractivity contribution is 0.0785. The standard InChI is InChI=1S/C27H33N3O/c1-19-8-7-9-20(2)25(19)21-12-16-29(17-13-21)18-23-22-10-3-4-11-24(22)28-26(23)27(31)30-14-5-6-15-30/h3-4,7-11,21,28H,5-6,12-18H2,1-2H3. The number of hydrogen-bond donors (Lipinski definition) is 1. The number of carbonyl (C=O) groups excluding carboxylic acids is 1. The maximum atomic E-state index is 13.3. The number of benzene rings is 2. The number of aryl methyl sites for hydroxylation is 2. The van der Waals surface area contributed by atoms with Crippen molar-refractivity contribution < 1.29 is 4.79 Å². The summed E-state index contributed by atoms with van der Waals surface area (Å²) in [6, 6.07) is 15.0. The molecule has 2 fully saturated rings. The van der Waals surface area contributed by atoms with Crippen LogP contribution in [0.3, 0.4) is 0 Å². The summed E-state index contributed by atoms with van der Waals surface area (Å²) in [5.41, 5.74) is 7.46. The number of para-hydroxylation sites is 1. The Morgan fingerprint density at radius 2 is 1.61 bits per heavy atom. The maximum Gasteiger partial charge on any atom is 0.270 e. The number of amides is 1. The Kier molecular flexibility index (Phi) is 5.58. The number of nitrogens with zero attached hydrogens (tertiary/aromatic N) is 2. The number of piperidine rings is 1. The molecule has 1 aromatic heterocycles. The third-order valence-electron chi connectivity index (χ3n) is 7.34. The molecule has 0 saturated carbocycles. The van der Waals surface area contributed by atoms with E-state index >= 15 is 0 Å². The molecule has 0 spiro atoms. The van der Waals surface area contributed by atoms with Gasteiger partial charge in [0, 0.05) is 36.1 Å². The van der Waals surface area contributed by atoms with Crippen LogP contribution < -0.4 is 0 Å². The second-order valence-electron chi connectivity index (χ2n) is 9.38. The Labute approximate surface area is 185 Å². The molecule has 31 heavy (non-hydrogen) atoms. The van der Waals surface area contributed by atoms with Crippen molar-refractivity contribution in [2.24, 2.45) is 0 Å². The minimum Gasteiger partial charge on any atom is -0.350 e. The van der Waals surface area contributed by atoms with E-state index in [4.69, 9.17) is 0 Å². The largest absolute Gasteiger partial charge is 0.350 e. The summed E-state index contributed by atoms with van der Waals surface area (Å²) in [6.07, 6.45) is 4.60. The summed E-state index contributed by atoms with van der Waals surface area (Å²) in [4.78, 5) is 21.3. The van der Waals surface area contributed by atoms with Crippen LogP contribution in [0.25, 0.3) is 10.9 Å². The third kappa shape index (κ3) is 3.89. The van der Waals surface area contributed by atoms with Gasteiger partial charge in [-0.1, -0.05) is 36.4 Å². The number of likely N-dealkylation sites (tertiary alicyclic amines) is 2. The molecule has 2 aliphatic rings. The second kappa shape index (κ2) is 8.51. The number of fused-ring (bicyclic) bond motifs is 1. The van der Waals surface area contributed by atoms with Gasteiger partial charge in [0.25, 0.3) is 5.91 Å². The van der Waals surface area contributed by atoms with Crippen LogP contribution in [0, 0.1) is 13.8 Å². The molecular weight excluding hydrogens is 382 g/mol. The fourth-order valence-electron chi connectivity index (χ4n) is 5.70. The molecular formula is C27H33N3O. The van der Waals surface area contributed by atoms with Crippen LogP contribution in [0.15, 0.2) is 42.5 Å². The minimum atomic E-state index is 0.175. The predicted molar refractivity (Wildman–Crippen MR) is 127 cm³/mol. The Morgan fingerprint density at radius 1 is 0.935 bits per heavy atom. The maximum absolute atomic E-state index is 13.3. The number of hydrogen-bond acceptors (Lipinski definition) is 2. The van der Waals surface area contributed by atoms with Gasteiger partial charge in [0.05, 0.1) is 0 Å². The fourth-order valence-corrected chi connectivity index (χ4v) is 5.70. The summed E-state index contributed by atoms with van der Waals surface area (Å²) in [5.74, 6) is 0.820. The molecule has 0 unspecified atom stereocenters. The van der Waals surface area contributed by atoms with E-state index in [9.17, 15) is 4.79 Å². The summed E-state index contributed by atoms with van der Waals surface area (Å²) in [5, 5.41) is 1.20. The number of rotatable bonds is 4. The molecule has 0 bridgehead atoms. The van der Waals surface area contributed by atoms with Crippen LogP contribution >= 0.6 is 0 Å². The van der Waals surface area contributed by atoms with E-state index in [1.807, 2.05) is 11.0 Å². The Morgan fingerprint density at radius 3 is 2.32 bits per heavy atom. The Bertz CT molecular complexity index is 1060. The molecule has 0 atom stereocenters. The highest BCUT2D eigenvalue weighted by Crippen LogP contribution is 2.34. The summed E-state index contributed by atoms with van der Waals surface area (Å²) in [6.45, 7) is 9.26. The Balaban J connectivity index is 1.36. The van der Waals surface area contributed by atoms with E-state index in [1.165, 1.54) is 34.9 Å². The smallest absolute Gasteiger partial charge is 0.270 e. The van der Waals surface area contributed by atoms with E-state index in [0.717, 1.165) is 56.8 Å². The molecule has 2 saturated heterocycles. The van der Waals surface area contributed by atoms with Gasteiger partial charge in [-0.25, -0.2) is 0 Å². The van der Waals surface area contributed by atoms with E-state index < -0.39 is 0 Å². The molecule has 1 amide bonds. The summed E-state index contributed by atoms with van der Waals surface area (Å²) in [7, 11) is 0. The van der Waals surface area contributed by atoms with Crippen molar-refractivity contribution in [3.05, 3.63) is 70.4 Å². The van der Waals surface area contributed by atoms with E-state index in [2.05, 4.69) is 60.1 Å². The first kappa shape index (κ1) is 20.3. The zero-order valence-corrected chi connectivity index (χ0v) is 18.8. The molecule has 0 aliphatic carbocycles. The summed E-state index contributed by atoms with van der Waals surface area (Å²) >= 11 is 0. The first-order valence-corrected chi connectivity index (χ1v) is 11.8. The lowest BCUT2D eigenvalue weighted by Crippen LogP contribution is -2.34. The predicted octanol–water partition coefficient (Wildman–Crippen LogP) is 5.40. The van der Waals surface area contributed by atoms with Gasteiger partial charge >= 0.3 is 0 Å². The van der Waals surface area contributed by atoms with Gasteiger partial charge in [0.15, 0.2) is 0 Å². The molecule has 0 radical (unpaired) electrons. The van der Waals surface area contributed by atoms with Gasteiger partial charge in [0.2, 0.25) is 0 Å². The number of carbonyl (C=O) groups is 1. The minimum absolute atomic E-state index is 0.175. The van der Waals surface area contributed by atoms with Crippen molar-refractivity contribution in [3.8, 4) is 0 Å². The molecule has 3 aromatic rings. The number of aromatic nitrogens is 1. The number of nitrogens with one attached hydrogen (secondary N) is 1. The average molecular weight is 416 g/mol. The molecule has 4 nitrogen and oxygen atoms in total. The van der Waals surface area contributed by atoms with Crippen molar-refractivity contribution in [3.63, 3.8) is 0 Å². The van der Waals surface area contributed by atoms with Gasteiger partial charge in [-0.3, -0.25) is 9.69 Å². The van der Waals surface area contributed by atoms with E-state index in [1.54, 1.807) is 5.56 Å². The van der Waals surface area contributed by atoms with Crippen LogP contribution in [0.4, 0.5) is 0 Å². The van der Waals surface area contributed by atoms with Crippen LogP contribution in [-0.4, -0.2) is 46.9 Å². The SMILES string of the molecule is Cc1cccc(C)c1C1CCN(Cc2c(C(=O)N3CCCC3)[nH]c3ccccc23)CC1. The van der Waals surface area contributed by atoms with Crippen molar-refractivity contribution in [2.75, 3.05) is 26.2 Å². The lowest BCUT2D eigenvalue weighted by Gasteiger charge is -2.33. The van der Waals surface area contributed by atoms with Crippen LogP contribution in [-0.2, 0) is 6.54 Å². The molecule has 2 aliphatic heterocycles. The molecule has 4 heteroatoms. The zero-order chi connectivity index (χ0) is 21.4. The first-order valence-electron chi connectivity index (χ1n) is 11.8. The summed E-state index contributed by atoms with van der Waals surface area (Å²) < 4.78 is 0. The lowest BCUT2D eigenvalue weighted by atomic mass is 9.84. The van der Waals surface area contributed by atoms with E-state index in [-0.39, 0.29) is 5.91 Å². The highest BCUT2D eigenvalue weighted by atomic mass is 16.2. The van der Waals surface area contributed by atoms with Crippen LogP contribution in [0.5, 0.6) is 0 Å². The first-order chi connectivity index (χ1) is 15.1. The molecule has 162 valence electrons. The van der Waals surface area contributed by atoms with Crippen LogP contribution in [0.1, 0.15) is 64.3 Å². The van der Waals surface area contributed by atoms with Gasteiger partial charge in [-0.05, 0) is 81.3 Å². The second-order valence-corrected chi connectivity index (χ2v) is 9.38. The Hall–Kier alpha value is -2.59. The molecule has 1 N–H and O–H groups in total. The highest BCUT2D eigenvalue weighted by Gasteiger charge is 2.28. The average Bonchev–Trinajstić information content (AvgIpc) is 3.43. The number of aromatic amines is 1. The zero-order valence-electron chi connectivity index (χ0n) is 18.8. The van der Waals surface area contributed by atoms with Crippen LogP contribution in [0.2, 0.25) is 0 Å². The number of H-pyrrole nitrogens is 1. The fraction of sp³-hybridized carbons (Fsp3) is 0.444. The molecule has 2 aromatic carbocycles. The van der Waals surface area contributed by atoms with E-state index in [0.29, 0.717) is 5.92 Å². The monoisotopic (exact) mass is 415 g/mol. The van der Waals surface area contributed by atoms with Crippen molar-refractivity contribution in [2.45, 2.75) is 52.0 Å². The van der Waals surface area contributed by atoms with Gasteiger partial charge in [-0.15, -0.1) is 0 Å². The molecule has 5 rings (SSSR count). The topological polar surface area (TPSA) is 39.3 Å². The quantitative estimate of drug-likeness (QED) is 0.620. The molecule has 3 heterocycles. The normalized spacial score (nSPS) is 18.2. The van der Waals surface area contributed by atoms with Crippen molar-refractivity contribution >= 4 is 16.8 Å². The van der Waals surface area contributed by atoms with Crippen molar-refractivity contribution in [1.82, 2.24) is 14.8 Å². The van der Waals surface area contributed by atoms with Crippen molar-refractivity contribution in [1.29, 1.82) is 0 Å².